The Morgan fingerprint density at radius 3 is 2.30 bits per heavy atom. The number of halogens is 3. The van der Waals surface area contributed by atoms with Gasteiger partial charge in [-0.3, -0.25) is 4.79 Å². The van der Waals surface area contributed by atoms with Crippen LogP contribution in [-0.4, -0.2) is 52.3 Å². The molecule has 2 aliphatic heterocycles. The third-order valence-electron chi connectivity index (χ3n) is 7.92. The first-order valence-corrected chi connectivity index (χ1v) is 12.3. The van der Waals surface area contributed by atoms with Crippen molar-refractivity contribution in [3.63, 3.8) is 0 Å². The predicted molar refractivity (Wildman–Crippen MR) is 139 cm³/mol. The minimum Gasteiger partial charge on any atom is -0.384 e. The number of carbonyl (C=O) groups excluding carboxylic acids is 1. The van der Waals surface area contributed by atoms with Crippen molar-refractivity contribution in [3.05, 3.63) is 89.6 Å². The van der Waals surface area contributed by atoms with Gasteiger partial charge in [0.15, 0.2) is 5.82 Å². The minimum atomic E-state index is -1.05. The van der Waals surface area contributed by atoms with Crippen molar-refractivity contribution in [3.8, 4) is 0 Å². The number of likely N-dealkylation sites (tertiary alicyclic amines) is 1. The maximum Gasteiger partial charge on any atom is 0.228 e. The second-order valence-electron chi connectivity index (χ2n) is 10.1. The number of hydrogen-bond acceptors (Lipinski definition) is 5. The fourth-order valence-corrected chi connectivity index (χ4v) is 6.01. The van der Waals surface area contributed by atoms with Crippen LogP contribution in [0.5, 0.6) is 0 Å². The molecule has 2 unspecified atom stereocenters. The normalized spacial score (nSPS) is 27.6. The van der Waals surface area contributed by atoms with Gasteiger partial charge in [0, 0.05) is 56.2 Å². The highest BCUT2D eigenvalue weighted by Crippen LogP contribution is 2.43. The summed E-state index contributed by atoms with van der Waals surface area (Å²) in [6.07, 6.45) is 1.57. The summed E-state index contributed by atoms with van der Waals surface area (Å²) in [5.41, 5.74) is 0.111. The highest BCUT2D eigenvalue weighted by molar-refractivity contribution is 5.85. The molecule has 0 radical (unpaired) electrons. The molecule has 6 nitrogen and oxygen atoms in total. The van der Waals surface area contributed by atoms with Gasteiger partial charge in [0.1, 0.15) is 11.6 Å². The third-order valence-corrected chi connectivity index (χ3v) is 7.92. The molecule has 0 saturated carbocycles. The Morgan fingerprint density at radius 1 is 0.973 bits per heavy atom. The molecule has 2 aliphatic rings. The Kier molecular flexibility index (Phi) is 7.80. The van der Waals surface area contributed by atoms with Crippen LogP contribution < -0.4 is 4.90 Å². The molecule has 37 heavy (non-hydrogen) atoms. The van der Waals surface area contributed by atoms with E-state index in [4.69, 9.17) is 0 Å². The zero-order valence-electron chi connectivity index (χ0n) is 20.8. The van der Waals surface area contributed by atoms with E-state index in [1.165, 1.54) is 12.1 Å². The number of amides is 1. The van der Waals surface area contributed by atoms with E-state index in [0.29, 0.717) is 37.6 Å². The van der Waals surface area contributed by atoms with Crippen LogP contribution in [0.25, 0.3) is 0 Å². The summed E-state index contributed by atoms with van der Waals surface area (Å²) in [7, 11) is 0. The van der Waals surface area contributed by atoms with Crippen molar-refractivity contribution in [1.82, 2.24) is 15.1 Å². The summed E-state index contributed by atoms with van der Waals surface area (Å²) >= 11 is 0. The lowest BCUT2D eigenvalue weighted by Crippen LogP contribution is -2.57. The van der Waals surface area contributed by atoms with E-state index in [1.807, 2.05) is 55.1 Å². The average Bonchev–Trinajstić information content (AvgIpc) is 3.32. The number of carbonyl (C=O) groups is 1. The molecule has 2 aromatic carbocycles. The second kappa shape index (κ2) is 10.7. The molecule has 1 amide bonds. The van der Waals surface area contributed by atoms with E-state index in [1.54, 1.807) is 17.2 Å². The zero-order valence-corrected chi connectivity index (χ0v) is 21.6. The van der Waals surface area contributed by atoms with Gasteiger partial charge < -0.3 is 14.9 Å². The topological polar surface area (TPSA) is 69.6 Å². The Bertz CT molecular complexity index is 1220. The Hall–Kier alpha value is -3.10. The molecule has 2 fully saturated rings. The lowest BCUT2D eigenvalue weighted by Gasteiger charge is -2.48. The molecule has 1 aromatic heterocycles. The van der Waals surface area contributed by atoms with Crippen LogP contribution in [0.1, 0.15) is 30.9 Å². The number of hydrogen-bond donors (Lipinski definition) is 1. The van der Waals surface area contributed by atoms with Gasteiger partial charge in [0.2, 0.25) is 5.91 Å². The Morgan fingerprint density at radius 2 is 1.68 bits per heavy atom. The quantitative estimate of drug-likeness (QED) is 0.543. The fraction of sp³-hybridized carbons (Fsp3) is 0.393. The van der Waals surface area contributed by atoms with Crippen LogP contribution in [-0.2, 0) is 10.4 Å². The molecule has 0 bridgehead atoms. The van der Waals surface area contributed by atoms with Crippen LogP contribution in [0.4, 0.5) is 14.6 Å². The van der Waals surface area contributed by atoms with Crippen molar-refractivity contribution >= 4 is 24.1 Å². The third kappa shape index (κ3) is 4.92. The van der Waals surface area contributed by atoms with Crippen molar-refractivity contribution < 1.29 is 18.7 Å². The molecule has 3 heterocycles. The molecular weight excluding hydrogens is 498 g/mol. The predicted octanol–water partition coefficient (Wildman–Crippen LogP) is 4.40. The van der Waals surface area contributed by atoms with Gasteiger partial charge in [0.05, 0.1) is 11.5 Å². The largest absolute Gasteiger partial charge is 0.384 e. The molecule has 4 atom stereocenters. The van der Waals surface area contributed by atoms with Gasteiger partial charge >= 0.3 is 0 Å². The second-order valence-corrected chi connectivity index (χ2v) is 10.1. The van der Waals surface area contributed by atoms with E-state index in [-0.39, 0.29) is 30.2 Å². The van der Waals surface area contributed by atoms with Gasteiger partial charge in [0.25, 0.3) is 0 Å². The molecule has 0 spiro atoms. The van der Waals surface area contributed by atoms with Gasteiger partial charge in [-0.2, -0.15) is 5.10 Å². The first kappa shape index (κ1) is 26.9. The van der Waals surface area contributed by atoms with E-state index in [0.717, 1.165) is 11.6 Å². The highest BCUT2D eigenvalue weighted by Gasteiger charge is 2.49. The summed E-state index contributed by atoms with van der Waals surface area (Å²) in [6.45, 7) is 5.40. The lowest BCUT2D eigenvalue weighted by atomic mass is 9.70. The molecule has 3 aromatic rings. The molecule has 0 aliphatic carbocycles. The number of anilines is 1. The average molecular weight is 529 g/mol. The smallest absolute Gasteiger partial charge is 0.228 e. The highest BCUT2D eigenvalue weighted by atomic mass is 35.5. The molecule has 9 heteroatoms. The summed E-state index contributed by atoms with van der Waals surface area (Å²) in [5, 5.41) is 19.8. The van der Waals surface area contributed by atoms with Gasteiger partial charge in [-0.1, -0.05) is 50.2 Å². The van der Waals surface area contributed by atoms with Crippen molar-refractivity contribution in [2.75, 3.05) is 31.1 Å². The number of aliphatic hydroxyl groups is 1. The van der Waals surface area contributed by atoms with E-state index in [9.17, 15) is 18.7 Å². The van der Waals surface area contributed by atoms with Gasteiger partial charge in [-0.25, -0.2) is 8.78 Å². The summed E-state index contributed by atoms with van der Waals surface area (Å²) in [6, 6.07) is 16.7. The van der Waals surface area contributed by atoms with E-state index < -0.39 is 29.1 Å². The summed E-state index contributed by atoms with van der Waals surface area (Å²) in [5.74, 6) is -2.21. The number of nitrogens with zero attached hydrogens (tertiary/aromatic N) is 4. The maximum atomic E-state index is 14.9. The van der Waals surface area contributed by atoms with Crippen LogP contribution in [0.15, 0.2) is 66.9 Å². The molecular formula is C28H31ClF2N4O2. The van der Waals surface area contributed by atoms with Gasteiger partial charge in [-0.05, 0) is 29.3 Å². The van der Waals surface area contributed by atoms with Crippen molar-refractivity contribution in [2.45, 2.75) is 25.4 Å². The zero-order chi connectivity index (χ0) is 25.4. The van der Waals surface area contributed by atoms with Gasteiger partial charge in [-0.15, -0.1) is 17.5 Å². The van der Waals surface area contributed by atoms with Crippen LogP contribution >= 0.6 is 12.4 Å². The maximum absolute atomic E-state index is 14.9. The number of piperidine rings is 1. The standard InChI is InChI=1S/C28H30F2N4O2.ClH/c1-18-14-34(15-19(2)28(18,36)20-7-4-3-5-8-20)27(35)24-17-33(26-9-6-12-31-32-26)16-23(24)22-11-10-21(29)13-25(22)30;/h3-13,18-19,23-24,36H,14-17H2,1-2H3;1H/t18?,19?,23-,24+,28?;/m0./s1. The SMILES string of the molecule is CC1CN(C(=O)[C@@H]2CN(c3cccnn3)C[C@H]2c2ccc(F)cc2F)CC(C)C1(O)c1ccccc1.Cl. The summed E-state index contributed by atoms with van der Waals surface area (Å²) < 4.78 is 28.5. The minimum absolute atomic E-state index is 0. The van der Waals surface area contributed by atoms with Crippen LogP contribution in [0.2, 0.25) is 0 Å². The van der Waals surface area contributed by atoms with Crippen LogP contribution in [0.3, 0.4) is 0 Å². The summed E-state index contributed by atoms with van der Waals surface area (Å²) in [4.78, 5) is 17.7. The van der Waals surface area contributed by atoms with Crippen molar-refractivity contribution in [1.29, 1.82) is 0 Å². The molecule has 196 valence electrons. The molecule has 1 N–H and O–H groups in total. The van der Waals surface area contributed by atoms with Crippen LogP contribution in [0, 0.1) is 29.4 Å². The van der Waals surface area contributed by atoms with E-state index in [2.05, 4.69) is 10.2 Å². The molecule has 2 saturated heterocycles. The number of rotatable bonds is 4. The fourth-order valence-electron chi connectivity index (χ4n) is 6.01. The first-order valence-electron chi connectivity index (χ1n) is 12.3. The van der Waals surface area contributed by atoms with E-state index >= 15 is 0 Å². The first-order chi connectivity index (χ1) is 17.3. The number of benzene rings is 2. The lowest BCUT2D eigenvalue weighted by molar-refractivity contribution is -0.152. The van der Waals surface area contributed by atoms with Crippen molar-refractivity contribution in [2.24, 2.45) is 17.8 Å². The molecule has 5 rings (SSSR count). The Labute approximate surface area is 221 Å². The monoisotopic (exact) mass is 528 g/mol. The number of aromatic nitrogens is 2. The Balaban J connectivity index is 0.00000320.